The lowest BCUT2D eigenvalue weighted by molar-refractivity contribution is -0.138. The molecule has 1 aliphatic carbocycles. The molecule has 1 saturated carbocycles. The Morgan fingerprint density at radius 1 is 1.16 bits per heavy atom. The number of fused-ring (bicyclic) bond motifs is 2. The van der Waals surface area contributed by atoms with E-state index in [9.17, 15) is 14.7 Å². The highest BCUT2D eigenvalue weighted by Gasteiger charge is 2.37. The Labute approximate surface area is 219 Å². The van der Waals surface area contributed by atoms with Crippen LogP contribution in [-0.4, -0.2) is 57.8 Å². The van der Waals surface area contributed by atoms with Gasteiger partial charge in [0.25, 0.3) is 5.91 Å². The van der Waals surface area contributed by atoms with E-state index in [0.717, 1.165) is 41.1 Å². The van der Waals surface area contributed by atoms with E-state index >= 15 is 0 Å². The van der Waals surface area contributed by atoms with Crippen LogP contribution in [0.15, 0.2) is 60.8 Å². The Morgan fingerprint density at radius 2 is 1.92 bits per heavy atom. The molecule has 1 atom stereocenters. The molecule has 2 N–H and O–H groups in total. The van der Waals surface area contributed by atoms with Gasteiger partial charge < -0.3 is 25.0 Å². The summed E-state index contributed by atoms with van der Waals surface area (Å²) in [6.45, 7) is 0.554. The number of carboxylic acid groups (broad SMARTS) is 1. The lowest BCUT2D eigenvalue weighted by Gasteiger charge is -2.26. The van der Waals surface area contributed by atoms with E-state index in [-0.39, 0.29) is 11.9 Å². The van der Waals surface area contributed by atoms with E-state index in [1.807, 2.05) is 66.5 Å². The quantitative estimate of drug-likeness (QED) is 0.369. The number of aromatic nitrogens is 3. The molecule has 0 saturated heterocycles. The number of aliphatic carboxylic acids is 1. The largest absolute Gasteiger partial charge is 0.497 e. The average molecular weight is 513 g/mol. The van der Waals surface area contributed by atoms with Gasteiger partial charge in [-0.1, -0.05) is 30.3 Å². The summed E-state index contributed by atoms with van der Waals surface area (Å²) in [6.07, 6.45) is 3.81. The number of rotatable bonds is 8. The van der Waals surface area contributed by atoms with Crippen LogP contribution in [0.25, 0.3) is 5.65 Å². The van der Waals surface area contributed by atoms with E-state index in [1.165, 1.54) is 10.7 Å². The van der Waals surface area contributed by atoms with E-state index in [1.54, 1.807) is 12.0 Å². The van der Waals surface area contributed by atoms with Crippen molar-refractivity contribution in [1.82, 2.24) is 19.9 Å². The zero-order valence-corrected chi connectivity index (χ0v) is 21.2. The van der Waals surface area contributed by atoms with Crippen molar-refractivity contribution in [1.29, 1.82) is 0 Å². The number of hydrogen-bond donors (Lipinski definition) is 2. The van der Waals surface area contributed by atoms with Crippen LogP contribution in [0, 0.1) is 0 Å². The van der Waals surface area contributed by atoms with Crippen LogP contribution in [0.3, 0.4) is 0 Å². The molecular formula is C28H28N6O4. The zero-order valence-electron chi connectivity index (χ0n) is 21.2. The van der Waals surface area contributed by atoms with Crippen LogP contribution in [0.2, 0.25) is 0 Å². The molecule has 2 aromatic carbocycles. The minimum atomic E-state index is -0.937. The molecule has 10 heteroatoms. The second-order valence-electron chi connectivity index (χ2n) is 9.78. The van der Waals surface area contributed by atoms with Crippen molar-refractivity contribution in [2.24, 2.45) is 0 Å². The number of carbonyl (C=O) groups excluding carboxylic acids is 1. The van der Waals surface area contributed by atoms with Crippen LogP contribution < -0.4 is 19.9 Å². The van der Waals surface area contributed by atoms with Crippen molar-refractivity contribution in [3.63, 3.8) is 0 Å². The predicted octanol–water partition coefficient (Wildman–Crippen LogP) is 3.41. The van der Waals surface area contributed by atoms with Gasteiger partial charge in [0.05, 0.1) is 19.0 Å². The fraction of sp³-hybridized carbons (Fsp3) is 0.286. The summed E-state index contributed by atoms with van der Waals surface area (Å²) in [6, 6.07) is 16.6. The van der Waals surface area contributed by atoms with Crippen LogP contribution in [-0.2, 0) is 17.8 Å². The number of methoxy groups -OCH3 is 1. The number of hydrogen-bond acceptors (Lipinski definition) is 7. The van der Waals surface area contributed by atoms with Gasteiger partial charge >= 0.3 is 5.97 Å². The summed E-state index contributed by atoms with van der Waals surface area (Å²) in [5, 5.41) is 17.9. The number of carbonyl (C=O) groups is 2. The fourth-order valence-electron chi connectivity index (χ4n) is 4.94. The molecule has 38 heavy (non-hydrogen) atoms. The number of amides is 1. The van der Waals surface area contributed by atoms with Crippen molar-refractivity contribution >= 4 is 34.7 Å². The molecule has 6 rings (SSSR count). The third-order valence-corrected chi connectivity index (χ3v) is 7.08. The van der Waals surface area contributed by atoms with Crippen molar-refractivity contribution < 1.29 is 19.4 Å². The van der Waals surface area contributed by atoms with Crippen molar-refractivity contribution in [2.45, 2.75) is 37.9 Å². The molecule has 0 spiro atoms. The second kappa shape index (κ2) is 9.37. The van der Waals surface area contributed by atoms with E-state index in [0.29, 0.717) is 30.1 Å². The van der Waals surface area contributed by atoms with Gasteiger partial charge in [-0.25, -0.2) is 14.3 Å². The summed E-state index contributed by atoms with van der Waals surface area (Å²) >= 11 is 0. The maximum atomic E-state index is 13.1. The molecule has 194 valence electrons. The molecule has 0 bridgehead atoms. The summed E-state index contributed by atoms with van der Waals surface area (Å²) in [5.41, 5.74) is 4.34. The number of anilines is 3. The molecule has 2 aromatic heterocycles. The van der Waals surface area contributed by atoms with Crippen LogP contribution in [0.5, 0.6) is 5.75 Å². The molecule has 4 aromatic rings. The normalized spacial score (nSPS) is 16.4. The third kappa shape index (κ3) is 4.27. The van der Waals surface area contributed by atoms with Gasteiger partial charge in [0.1, 0.15) is 11.8 Å². The first-order valence-electron chi connectivity index (χ1n) is 12.6. The maximum absolute atomic E-state index is 13.1. The van der Waals surface area contributed by atoms with Crippen LogP contribution in [0.1, 0.15) is 34.5 Å². The lowest BCUT2D eigenvalue weighted by atomic mass is 10.1. The summed E-state index contributed by atoms with van der Waals surface area (Å²) < 4.78 is 6.81. The molecular weight excluding hydrogens is 484 g/mol. The van der Waals surface area contributed by atoms with Gasteiger partial charge in [0.15, 0.2) is 17.2 Å². The first-order valence-corrected chi connectivity index (χ1v) is 12.6. The highest BCUT2D eigenvalue weighted by molar-refractivity contribution is 5.94. The number of imidazole rings is 1. The maximum Gasteiger partial charge on any atom is 0.327 e. The van der Waals surface area contributed by atoms with Crippen molar-refractivity contribution in [3.05, 3.63) is 77.6 Å². The average Bonchev–Trinajstić information content (AvgIpc) is 3.48. The highest BCUT2D eigenvalue weighted by Crippen LogP contribution is 2.39. The fourth-order valence-corrected chi connectivity index (χ4v) is 4.94. The van der Waals surface area contributed by atoms with Crippen LogP contribution in [0.4, 0.5) is 17.2 Å². The number of carboxylic acids is 1. The van der Waals surface area contributed by atoms with Gasteiger partial charge in [-0.3, -0.25) is 4.79 Å². The first kappa shape index (κ1) is 23.8. The van der Waals surface area contributed by atoms with E-state index < -0.39 is 12.0 Å². The summed E-state index contributed by atoms with van der Waals surface area (Å²) in [7, 11) is 3.57. The number of ether oxygens (including phenoxy) is 1. The Balaban J connectivity index is 1.47. The Morgan fingerprint density at radius 3 is 2.63 bits per heavy atom. The van der Waals surface area contributed by atoms with Gasteiger partial charge in [0.2, 0.25) is 0 Å². The molecule has 1 amide bonds. The number of nitrogens with one attached hydrogen (secondary N) is 1. The predicted molar refractivity (Wildman–Crippen MR) is 142 cm³/mol. The molecule has 1 aliphatic heterocycles. The molecule has 3 heterocycles. The smallest absolute Gasteiger partial charge is 0.327 e. The molecule has 2 aliphatic rings. The number of benzene rings is 2. The number of para-hydroxylation sites is 1. The molecule has 10 nitrogen and oxygen atoms in total. The summed E-state index contributed by atoms with van der Waals surface area (Å²) in [5.74, 6) is 0.0282. The standard InChI is InChI=1S/C28H28N6O4/c1-32(16-17-7-11-20(38-2)12-8-17)22-14-25(33-21-6-4-3-5-18(21)13-23(33)28(36)37)31-34-24(15-29-26(22)34)27(35)30-19-9-10-19/h3-8,11-12,14-15,19,23H,9-10,13,16H2,1-2H3,(H,30,35)(H,36,37)/t23-/m0/s1. The van der Waals surface area contributed by atoms with E-state index in [4.69, 9.17) is 9.84 Å². The molecule has 1 fully saturated rings. The highest BCUT2D eigenvalue weighted by atomic mass is 16.5. The zero-order chi connectivity index (χ0) is 26.4. The SMILES string of the molecule is COc1ccc(CN(C)c2cc(N3c4ccccc4C[C@H]3C(=O)O)nn3c(C(=O)NC4CC4)cnc23)cc1. The second-order valence-corrected chi connectivity index (χ2v) is 9.78. The lowest BCUT2D eigenvalue weighted by Crippen LogP contribution is -2.36. The van der Waals surface area contributed by atoms with Gasteiger partial charge in [-0.05, 0) is 42.2 Å². The third-order valence-electron chi connectivity index (χ3n) is 7.08. The number of nitrogens with zero attached hydrogens (tertiary/aromatic N) is 5. The van der Waals surface area contributed by atoms with Gasteiger partial charge in [0, 0.05) is 37.8 Å². The van der Waals surface area contributed by atoms with Crippen molar-refractivity contribution in [3.8, 4) is 5.75 Å². The topological polar surface area (TPSA) is 112 Å². The Bertz CT molecular complexity index is 1530. The first-order chi connectivity index (χ1) is 18.4. The molecule has 0 radical (unpaired) electrons. The molecule has 0 unspecified atom stereocenters. The monoisotopic (exact) mass is 512 g/mol. The van der Waals surface area contributed by atoms with Gasteiger partial charge in [-0.15, -0.1) is 5.10 Å². The van der Waals surface area contributed by atoms with Gasteiger partial charge in [-0.2, -0.15) is 0 Å². The van der Waals surface area contributed by atoms with Crippen molar-refractivity contribution in [2.75, 3.05) is 24.0 Å². The van der Waals surface area contributed by atoms with Crippen LogP contribution >= 0.6 is 0 Å². The summed E-state index contributed by atoms with van der Waals surface area (Å²) in [4.78, 5) is 33.7. The Kier molecular flexibility index (Phi) is 5.86. The minimum absolute atomic E-state index is 0.176. The minimum Gasteiger partial charge on any atom is -0.497 e. The van der Waals surface area contributed by atoms with E-state index in [2.05, 4.69) is 10.3 Å². The Hall–Kier alpha value is -4.60.